The van der Waals surface area contributed by atoms with Gasteiger partial charge in [0.2, 0.25) is 11.8 Å². The van der Waals surface area contributed by atoms with Crippen molar-refractivity contribution in [1.82, 2.24) is 4.90 Å². The molecule has 2 amide bonds. The Morgan fingerprint density at radius 2 is 1.77 bits per heavy atom. The molecule has 0 spiro atoms. The SMILES string of the molecule is CCCCN1C(=O)[C@@H]2[C@H](C1=O)[C@H]1C=Cc3cc(Br)ccc3N1[C@H]2C(=O)c1ccccc1. The fraction of sp³-hybridized carbons (Fsp3) is 0.320. The molecule has 0 unspecified atom stereocenters. The molecule has 0 radical (unpaired) electrons. The molecule has 5 rings (SSSR count). The van der Waals surface area contributed by atoms with E-state index in [9.17, 15) is 14.4 Å². The van der Waals surface area contributed by atoms with Crippen molar-refractivity contribution in [3.8, 4) is 0 Å². The number of ketones is 1. The van der Waals surface area contributed by atoms with E-state index in [1.165, 1.54) is 4.90 Å². The largest absolute Gasteiger partial charge is 0.352 e. The molecule has 2 fully saturated rings. The van der Waals surface area contributed by atoms with Crippen molar-refractivity contribution in [3.05, 3.63) is 70.2 Å². The van der Waals surface area contributed by atoms with Gasteiger partial charge in [-0.2, -0.15) is 0 Å². The van der Waals surface area contributed by atoms with E-state index in [1.54, 1.807) is 12.1 Å². The van der Waals surface area contributed by atoms with Crippen molar-refractivity contribution < 1.29 is 14.4 Å². The average molecular weight is 479 g/mol. The van der Waals surface area contributed by atoms with Gasteiger partial charge in [0.05, 0.1) is 17.9 Å². The highest BCUT2D eigenvalue weighted by Crippen LogP contribution is 2.49. The molecule has 3 heterocycles. The fourth-order valence-corrected chi connectivity index (χ4v) is 5.59. The van der Waals surface area contributed by atoms with Crippen LogP contribution in [-0.4, -0.2) is 41.1 Å². The minimum Gasteiger partial charge on any atom is -0.352 e. The van der Waals surface area contributed by atoms with Crippen LogP contribution in [0.4, 0.5) is 5.69 Å². The third-order valence-electron chi connectivity index (χ3n) is 6.62. The predicted octanol–water partition coefficient (Wildman–Crippen LogP) is 4.32. The van der Waals surface area contributed by atoms with Gasteiger partial charge in [-0.1, -0.05) is 71.8 Å². The van der Waals surface area contributed by atoms with E-state index >= 15 is 0 Å². The molecule has 3 aliphatic rings. The van der Waals surface area contributed by atoms with Gasteiger partial charge in [0.1, 0.15) is 6.04 Å². The van der Waals surface area contributed by atoms with Gasteiger partial charge in [-0.15, -0.1) is 0 Å². The summed E-state index contributed by atoms with van der Waals surface area (Å²) in [6.07, 6.45) is 5.66. The number of carbonyl (C=O) groups excluding carboxylic acids is 3. The standard InChI is InChI=1S/C25H23BrN2O3/c1-2-3-13-27-24(30)20-19-11-9-16-14-17(26)10-12-18(16)28(19)22(21(20)25(27)31)23(29)15-7-5-4-6-8-15/h4-12,14,19-22H,2-3,13H2,1H3/t19-,20-,21-,22-/m1/s1. The Bertz CT molecular complexity index is 1100. The molecule has 2 saturated heterocycles. The van der Waals surface area contributed by atoms with Crippen LogP contribution in [0.2, 0.25) is 0 Å². The van der Waals surface area contributed by atoms with Gasteiger partial charge in [0, 0.05) is 22.3 Å². The third kappa shape index (κ3) is 3.07. The number of amides is 2. The van der Waals surface area contributed by atoms with Crippen molar-refractivity contribution >= 4 is 45.3 Å². The zero-order chi connectivity index (χ0) is 21.7. The Hall–Kier alpha value is -2.73. The number of Topliss-reactive ketones (excluding diaryl/α,β-unsaturated/α-hetero) is 1. The van der Waals surface area contributed by atoms with E-state index in [-0.39, 0.29) is 23.6 Å². The van der Waals surface area contributed by atoms with Crippen molar-refractivity contribution in [2.75, 3.05) is 11.4 Å². The van der Waals surface area contributed by atoms with E-state index in [0.29, 0.717) is 12.1 Å². The van der Waals surface area contributed by atoms with Crippen LogP contribution in [0.3, 0.4) is 0 Å². The number of likely N-dealkylation sites (tertiary alicyclic amines) is 1. The summed E-state index contributed by atoms with van der Waals surface area (Å²) < 4.78 is 0.942. The quantitative estimate of drug-likeness (QED) is 0.474. The zero-order valence-corrected chi connectivity index (χ0v) is 18.8. The maximum Gasteiger partial charge on any atom is 0.235 e. The maximum atomic E-state index is 13.7. The van der Waals surface area contributed by atoms with Gasteiger partial charge >= 0.3 is 0 Å². The number of fused-ring (bicyclic) bond motifs is 5. The van der Waals surface area contributed by atoms with Gasteiger partial charge in [-0.25, -0.2) is 0 Å². The molecule has 2 aromatic carbocycles. The van der Waals surface area contributed by atoms with Crippen LogP contribution in [0.25, 0.3) is 6.08 Å². The van der Waals surface area contributed by atoms with Crippen LogP contribution < -0.4 is 4.90 Å². The number of anilines is 1. The van der Waals surface area contributed by atoms with E-state index in [0.717, 1.165) is 28.6 Å². The van der Waals surface area contributed by atoms with Crippen molar-refractivity contribution in [3.63, 3.8) is 0 Å². The van der Waals surface area contributed by atoms with Gasteiger partial charge in [-0.3, -0.25) is 19.3 Å². The van der Waals surface area contributed by atoms with E-state index in [4.69, 9.17) is 0 Å². The second-order valence-corrected chi connectivity index (χ2v) is 9.28. The summed E-state index contributed by atoms with van der Waals surface area (Å²) in [6.45, 7) is 2.46. The highest BCUT2D eigenvalue weighted by molar-refractivity contribution is 9.10. The minimum absolute atomic E-state index is 0.110. The first-order valence-electron chi connectivity index (χ1n) is 10.7. The second-order valence-electron chi connectivity index (χ2n) is 8.37. The molecule has 0 aliphatic carbocycles. The van der Waals surface area contributed by atoms with Crippen LogP contribution >= 0.6 is 15.9 Å². The monoisotopic (exact) mass is 478 g/mol. The summed E-state index contributed by atoms with van der Waals surface area (Å²) >= 11 is 3.51. The Morgan fingerprint density at radius 1 is 1.03 bits per heavy atom. The zero-order valence-electron chi connectivity index (χ0n) is 17.2. The molecule has 31 heavy (non-hydrogen) atoms. The Balaban J connectivity index is 1.63. The van der Waals surface area contributed by atoms with Crippen LogP contribution in [0.1, 0.15) is 35.7 Å². The van der Waals surface area contributed by atoms with Crippen LogP contribution in [0.5, 0.6) is 0 Å². The number of unbranched alkanes of at least 4 members (excludes halogenated alkanes) is 1. The van der Waals surface area contributed by atoms with Crippen LogP contribution in [0, 0.1) is 11.8 Å². The van der Waals surface area contributed by atoms with E-state index in [1.807, 2.05) is 60.4 Å². The van der Waals surface area contributed by atoms with Crippen molar-refractivity contribution in [1.29, 1.82) is 0 Å². The fourth-order valence-electron chi connectivity index (χ4n) is 5.22. The molecule has 0 saturated carbocycles. The number of benzene rings is 2. The lowest BCUT2D eigenvalue weighted by Gasteiger charge is -2.36. The van der Waals surface area contributed by atoms with Crippen LogP contribution in [-0.2, 0) is 9.59 Å². The lowest BCUT2D eigenvalue weighted by atomic mass is 9.86. The topological polar surface area (TPSA) is 57.7 Å². The van der Waals surface area contributed by atoms with E-state index < -0.39 is 17.9 Å². The molecule has 5 nitrogen and oxygen atoms in total. The smallest absolute Gasteiger partial charge is 0.235 e. The Morgan fingerprint density at radius 3 is 2.52 bits per heavy atom. The predicted molar refractivity (Wildman–Crippen MR) is 123 cm³/mol. The molecule has 2 aromatic rings. The molecule has 4 atom stereocenters. The summed E-state index contributed by atoms with van der Waals surface area (Å²) in [5.41, 5.74) is 2.42. The highest BCUT2D eigenvalue weighted by atomic mass is 79.9. The summed E-state index contributed by atoms with van der Waals surface area (Å²) in [7, 11) is 0. The van der Waals surface area contributed by atoms with E-state index in [2.05, 4.69) is 15.9 Å². The number of hydrogen-bond acceptors (Lipinski definition) is 4. The van der Waals surface area contributed by atoms with Gasteiger partial charge in [-0.05, 0) is 30.2 Å². The molecule has 0 bridgehead atoms. The lowest BCUT2D eigenvalue weighted by molar-refractivity contribution is -0.140. The number of nitrogens with zero attached hydrogens (tertiary/aromatic N) is 2. The van der Waals surface area contributed by atoms with Crippen molar-refractivity contribution in [2.24, 2.45) is 11.8 Å². The van der Waals surface area contributed by atoms with Gasteiger partial charge in [0.25, 0.3) is 0 Å². The molecule has 6 heteroatoms. The van der Waals surface area contributed by atoms with Crippen molar-refractivity contribution in [2.45, 2.75) is 31.8 Å². The average Bonchev–Trinajstić information content (AvgIpc) is 3.25. The second kappa shape index (κ2) is 7.75. The first-order chi connectivity index (χ1) is 15.0. The summed E-state index contributed by atoms with van der Waals surface area (Å²) in [6, 6.07) is 14.0. The first-order valence-corrected chi connectivity index (χ1v) is 11.5. The minimum atomic E-state index is -0.703. The molecular weight excluding hydrogens is 456 g/mol. The number of halogens is 1. The summed E-state index contributed by atoms with van der Waals surface area (Å²) in [4.78, 5) is 44.0. The Kier molecular flexibility index (Phi) is 5.05. The number of hydrogen-bond donors (Lipinski definition) is 0. The third-order valence-corrected chi connectivity index (χ3v) is 7.11. The number of imide groups is 1. The molecule has 158 valence electrons. The maximum absolute atomic E-state index is 13.7. The molecular formula is C25H23BrN2O3. The normalized spacial score (nSPS) is 26.1. The molecule has 0 aromatic heterocycles. The van der Waals surface area contributed by atoms with Gasteiger partial charge in [0.15, 0.2) is 5.78 Å². The molecule has 3 aliphatic heterocycles. The highest BCUT2D eigenvalue weighted by Gasteiger charge is 2.63. The van der Waals surface area contributed by atoms with Crippen LogP contribution in [0.15, 0.2) is 59.1 Å². The Labute approximate surface area is 189 Å². The number of rotatable bonds is 5. The van der Waals surface area contributed by atoms with Gasteiger partial charge < -0.3 is 4.90 Å². The number of carbonyl (C=O) groups is 3. The molecule has 0 N–H and O–H groups in total. The lowest BCUT2D eigenvalue weighted by Crippen LogP contribution is -2.48. The summed E-state index contributed by atoms with van der Waals surface area (Å²) in [5, 5.41) is 0. The first kappa shape index (κ1) is 20.2. The summed E-state index contributed by atoms with van der Waals surface area (Å²) in [5.74, 6) is -1.66.